The minimum Gasteiger partial charge on any atom is -0.347 e. The van der Waals surface area contributed by atoms with Crippen LogP contribution in [0.2, 0.25) is 0 Å². The molecule has 0 aromatic rings. The predicted octanol–water partition coefficient (Wildman–Crippen LogP) is 1.08. The van der Waals surface area contributed by atoms with Gasteiger partial charge < -0.3 is 15.4 Å². The van der Waals surface area contributed by atoms with Crippen LogP contribution in [0, 0.1) is 0 Å². The maximum Gasteiger partial charge on any atom is 0.242 e. The molecule has 1 unspecified atom stereocenters. The average Bonchev–Trinajstić information content (AvgIpc) is 2.32. The van der Waals surface area contributed by atoms with Crippen molar-refractivity contribution in [2.75, 3.05) is 11.6 Å². The van der Waals surface area contributed by atoms with Crippen molar-refractivity contribution in [3.63, 3.8) is 0 Å². The lowest BCUT2D eigenvalue weighted by molar-refractivity contribution is -0.124. The summed E-state index contributed by atoms with van der Waals surface area (Å²) in [5.74, 6) is 1.59. The molecule has 0 bridgehead atoms. The first-order chi connectivity index (χ1) is 8.57. The Bertz CT molecular complexity index is 272. The van der Waals surface area contributed by atoms with Gasteiger partial charge in [0.15, 0.2) is 0 Å². The minimum absolute atomic E-state index is 0.175. The van der Waals surface area contributed by atoms with Gasteiger partial charge in [0, 0.05) is 6.42 Å². The number of amides is 2. The molecule has 0 aliphatic carbocycles. The zero-order chi connectivity index (χ0) is 13.8. The van der Waals surface area contributed by atoms with Crippen molar-refractivity contribution in [1.29, 1.82) is 0 Å². The van der Waals surface area contributed by atoms with Gasteiger partial charge in [-0.15, -0.1) is 11.8 Å². The molecule has 0 heterocycles. The Morgan fingerprint density at radius 3 is 2.61 bits per heavy atom. The van der Waals surface area contributed by atoms with E-state index >= 15 is 0 Å². The lowest BCUT2D eigenvalue weighted by atomic mass is 10.2. The highest BCUT2D eigenvalue weighted by atomic mass is 32.2. The third kappa shape index (κ3) is 10.1. The summed E-state index contributed by atoms with van der Waals surface area (Å²) < 4.78 is 0. The van der Waals surface area contributed by atoms with Crippen molar-refractivity contribution in [2.24, 2.45) is 0 Å². The Kier molecular flexibility index (Phi) is 10.4. The molecule has 5 nitrogen and oxygen atoms in total. The van der Waals surface area contributed by atoms with Crippen LogP contribution in [0.25, 0.3) is 0 Å². The highest BCUT2D eigenvalue weighted by molar-refractivity contribution is 7.99. The van der Waals surface area contributed by atoms with Crippen LogP contribution in [0.3, 0.4) is 0 Å². The van der Waals surface area contributed by atoms with E-state index in [-0.39, 0.29) is 11.7 Å². The molecule has 0 aromatic carbocycles. The van der Waals surface area contributed by atoms with Gasteiger partial charge in [0.1, 0.15) is 11.8 Å². The molecule has 6 heteroatoms. The number of rotatable bonds is 11. The van der Waals surface area contributed by atoms with Gasteiger partial charge >= 0.3 is 0 Å². The molecule has 0 rings (SSSR count). The molecule has 0 aliphatic rings. The van der Waals surface area contributed by atoms with Gasteiger partial charge in [0.05, 0.1) is 5.88 Å². The summed E-state index contributed by atoms with van der Waals surface area (Å²) in [6, 6.07) is -0.487. The van der Waals surface area contributed by atoms with Crippen LogP contribution < -0.4 is 10.6 Å². The number of carbonyl (C=O) groups excluding carboxylic acids is 3. The van der Waals surface area contributed by atoms with Gasteiger partial charge in [0.2, 0.25) is 12.3 Å². The van der Waals surface area contributed by atoms with E-state index in [4.69, 9.17) is 0 Å². The molecule has 0 fully saturated rings. The maximum atomic E-state index is 11.4. The van der Waals surface area contributed by atoms with Crippen LogP contribution in [0.5, 0.6) is 0 Å². The molecule has 1 atom stereocenters. The van der Waals surface area contributed by atoms with Crippen LogP contribution in [0.4, 0.5) is 0 Å². The summed E-state index contributed by atoms with van der Waals surface area (Å²) in [5.41, 5.74) is 0. The maximum absolute atomic E-state index is 11.4. The van der Waals surface area contributed by atoms with E-state index in [1.165, 1.54) is 0 Å². The number of ketones is 1. The second kappa shape index (κ2) is 11.1. The molecular weight excluding hydrogens is 252 g/mol. The molecule has 2 amide bonds. The summed E-state index contributed by atoms with van der Waals surface area (Å²) in [6.07, 6.45) is 4.23. The highest BCUT2D eigenvalue weighted by Gasteiger charge is 2.09. The van der Waals surface area contributed by atoms with Gasteiger partial charge in [-0.3, -0.25) is 9.59 Å². The lowest BCUT2D eigenvalue weighted by Crippen LogP contribution is -2.41. The molecule has 0 aliphatic heterocycles. The second-order valence-electron chi connectivity index (χ2n) is 4.11. The zero-order valence-corrected chi connectivity index (χ0v) is 11.8. The fourth-order valence-corrected chi connectivity index (χ4v) is 2.08. The quantitative estimate of drug-likeness (QED) is 0.336. The summed E-state index contributed by atoms with van der Waals surface area (Å²) in [7, 11) is 0. The monoisotopic (exact) mass is 274 g/mol. The topological polar surface area (TPSA) is 75.3 Å². The first-order valence-electron chi connectivity index (χ1n) is 6.12. The normalized spacial score (nSPS) is 11.7. The van der Waals surface area contributed by atoms with E-state index in [0.29, 0.717) is 18.7 Å². The Labute approximate surface area is 112 Å². The number of hydrogen-bond acceptors (Lipinski definition) is 4. The SMILES string of the molecule is CC(=O)CCCCCSCNC(=O)C(C)NC=O. The third-order valence-electron chi connectivity index (χ3n) is 2.38. The number of carbonyl (C=O) groups is 3. The van der Waals surface area contributed by atoms with Gasteiger partial charge in [-0.25, -0.2) is 0 Å². The highest BCUT2D eigenvalue weighted by Crippen LogP contribution is 2.06. The Morgan fingerprint density at radius 1 is 1.28 bits per heavy atom. The third-order valence-corrected chi connectivity index (χ3v) is 3.30. The van der Waals surface area contributed by atoms with E-state index in [9.17, 15) is 14.4 Å². The molecule has 0 radical (unpaired) electrons. The molecule has 0 saturated heterocycles. The van der Waals surface area contributed by atoms with Crippen molar-refractivity contribution in [3.8, 4) is 0 Å². The van der Waals surface area contributed by atoms with Crippen LogP contribution >= 0.6 is 11.8 Å². The first kappa shape index (κ1) is 17.0. The molecule has 0 aromatic heterocycles. The van der Waals surface area contributed by atoms with Gasteiger partial charge in [0.25, 0.3) is 0 Å². The van der Waals surface area contributed by atoms with E-state index in [0.717, 1.165) is 25.0 Å². The first-order valence-corrected chi connectivity index (χ1v) is 7.28. The zero-order valence-electron chi connectivity index (χ0n) is 11.0. The Hall–Kier alpha value is -1.04. The fraction of sp³-hybridized carbons (Fsp3) is 0.750. The van der Waals surface area contributed by atoms with Gasteiger partial charge in [-0.2, -0.15) is 0 Å². The van der Waals surface area contributed by atoms with Crippen LogP contribution in [-0.2, 0) is 14.4 Å². The second-order valence-corrected chi connectivity index (χ2v) is 5.22. The van der Waals surface area contributed by atoms with E-state index in [2.05, 4.69) is 10.6 Å². The summed E-state index contributed by atoms with van der Waals surface area (Å²) in [5, 5.41) is 5.12. The number of unbranched alkanes of at least 4 members (excludes halogenated alkanes) is 2. The Balaban J connectivity index is 3.32. The fourth-order valence-electron chi connectivity index (χ4n) is 1.28. The molecule has 18 heavy (non-hydrogen) atoms. The van der Waals surface area contributed by atoms with Crippen LogP contribution in [0.1, 0.15) is 39.5 Å². The Morgan fingerprint density at radius 2 is 2.00 bits per heavy atom. The molecule has 0 saturated carbocycles. The summed E-state index contributed by atoms with van der Waals surface area (Å²) in [6.45, 7) is 3.25. The largest absolute Gasteiger partial charge is 0.347 e. The summed E-state index contributed by atoms with van der Waals surface area (Å²) >= 11 is 1.64. The summed E-state index contributed by atoms with van der Waals surface area (Å²) in [4.78, 5) is 32.2. The predicted molar refractivity (Wildman–Crippen MR) is 73.3 cm³/mol. The smallest absolute Gasteiger partial charge is 0.242 e. The van der Waals surface area contributed by atoms with Gasteiger partial charge in [-0.1, -0.05) is 6.42 Å². The number of thioether (sulfide) groups is 1. The molecule has 104 valence electrons. The van der Waals surface area contributed by atoms with Crippen molar-refractivity contribution >= 4 is 29.9 Å². The van der Waals surface area contributed by atoms with Crippen molar-refractivity contribution < 1.29 is 14.4 Å². The van der Waals surface area contributed by atoms with Gasteiger partial charge in [-0.05, 0) is 32.4 Å². The number of nitrogens with one attached hydrogen (secondary N) is 2. The van der Waals surface area contributed by atoms with Crippen LogP contribution in [0.15, 0.2) is 0 Å². The molecule has 2 N–H and O–H groups in total. The lowest BCUT2D eigenvalue weighted by Gasteiger charge is -2.10. The standard InChI is InChI=1S/C12H22N2O3S/c1-10(16)6-4-3-5-7-18-9-14-12(17)11(2)13-8-15/h8,11H,3-7,9H2,1-2H3,(H,13,15)(H,14,17). The molecule has 0 spiro atoms. The van der Waals surface area contributed by atoms with E-state index < -0.39 is 6.04 Å². The minimum atomic E-state index is -0.487. The van der Waals surface area contributed by atoms with Crippen molar-refractivity contribution in [3.05, 3.63) is 0 Å². The van der Waals surface area contributed by atoms with Crippen LogP contribution in [-0.4, -0.2) is 35.8 Å². The van der Waals surface area contributed by atoms with E-state index in [1.807, 2.05) is 0 Å². The van der Waals surface area contributed by atoms with Crippen molar-refractivity contribution in [2.45, 2.75) is 45.6 Å². The average molecular weight is 274 g/mol. The van der Waals surface area contributed by atoms with Crippen molar-refractivity contribution in [1.82, 2.24) is 10.6 Å². The number of hydrogen-bond donors (Lipinski definition) is 2. The van der Waals surface area contributed by atoms with E-state index in [1.54, 1.807) is 25.6 Å². The number of Topliss-reactive ketones (excluding diaryl/α,β-unsaturated/α-hetero) is 1. The molecular formula is C12H22N2O3S.